The van der Waals surface area contributed by atoms with Crippen molar-refractivity contribution in [1.82, 2.24) is 4.98 Å². The van der Waals surface area contributed by atoms with Gasteiger partial charge in [-0.1, -0.05) is 0 Å². The first-order chi connectivity index (χ1) is 5.39. The standard InChI is InChI=1S/C6H5ClFNO2S/c1-4-2-5(12(7,10)11)3-6(8)9-4/h2-3H,1H3. The van der Waals surface area contributed by atoms with Crippen LogP contribution in [0.25, 0.3) is 0 Å². The van der Waals surface area contributed by atoms with Gasteiger partial charge in [-0.05, 0) is 13.0 Å². The molecule has 0 unspecified atom stereocenters. The molecule has 1 aromatic rings. The molecule has 0 saturated heterocycles. The number of aromatic nitrogens is 1. The van der Waals surface area contributed by atoms with E-state index in [1.54, 1.807) is 0 Å². The van der Waals surface area contributed by atoms with E-state index in [0.717, 1.165) is 6.07 Å². The average molecular weight is 210 g/mol. The van der Waals surface area contributed by atoms with E-state index in [1.165, 1.54) is 13.0 Å². The maximum absolute atomic E-state index is 12.5. The lowest BCUT2D eigenvalue weighted by Gasteiger charge is -1.97. The van der Waals surface area contributed by atoms with E-state index in [9.17, 15) is 12.8 Å². The van der Waals surface area contributed by atoms with Crippen molar-refractivity contribution in [1.29, 1.82) is 0 Å². The number of aryl methyl sites for hydroxylation is 1. The van der Waals surface area contributed by atoms with E-state index in [-0.39, 0.29) is 10.6 Å². The Labute approximate surface area is 73.6 Å². The minimum atomic E-state index is -3.86. The van der Waals surface area contributed by atoms with E-state index in [4.69, 9.17) is 10.7 Å². The molecule has 0 bridgehead atoms. The highest BCUT2D eigenvalue weighted by Gasteiger charge is 2.11. The van der Waals surface area contributed by atoms with Gasteiger partial charge in [-0.15, -0.1) is 0 Å². The second-order valence-electron chi connectivity index (χ2n) is 2.20. The number of hydrogen-bond acceptors (Lipinski definition) is 3. The molecule has 0 amide bonds. The van der Waals surface area contributed by atoms with Crippen molar-refractivity contribution in [3.8, 4) is 0 Å². The Morgan fingerprint density at radius 2 is 2.08 bits per heavy atom. The van der Waals surface area contributed by atoms with Gasteiger partial charge in [0, 0.05) is 22.4 Å². The molecule has 1 rings (SSSR count). The van der Waals surface area contributed by atoms with Crippen molar-refractivity contribution in [2.45, 2.75) is 11.8 Å². The van der Waals surface area contributed by atoms with Crippen LogP contribution in [0.1, 0.15) is 5.69 Å². The van der Waals surface area contributed by atoms with Crippen LogP contribution in [-0.4, -0.2) is 13.4 Å². The summed E-state index contributed by atoms with van der Waals surface area (Å²) in [5, 5.41) is 0. The third-order valence-electron chi connectivity index (χ3n) is 1.18. The Hall–Kier alpha value is -0.680. The highest BCUT2D eigenvalue weighted by atomic mass is 35.7. The van der Waals surface area contributed by atoms with Crippen LogP contribution >= 0.6 is 10.7 Å². The highest BCUT2D eigenvalue weighted by molar-refractivity contribution is 8.13. The first-order valence-corrected chi connectivity index (χ1v) is 5.29. The van der Waals surface area contributed by atoms with Gasteiger partial charge in [-0.3, -0.25) is 0 Å². The Bertz CT molecular complexity index is 384. The fourth-order valence-corrected chi connectivity index (χ4v) is 1.56. The Balaban J connectivity index is 3.37. The summed E-state index contributed by atoms with van der Waals surface area (Å²) in [6.07, 6.45) is 0. The van der Waals surface area contributed by atoms with Gasteiger partial charge in [-0.2, -0.15) is 4.39 Å². The number of hydrogen-bond donors (Lipinski definition) is 0. The lowest BCUT2D eigenvalue weighted by Crippen LogP contribution is -1.95. The first kappa shape index (κ1) is 9.41. The van der Waals surface area contributed by atoms with Crippen LogP contribution in [0.15, 0.2) is 17.0 Å². The molecule has 1 aromatic heterocycles. The summed E-state index contributed by atoms with van der Waals surface area (Å²) in [6.45, 7) is 1.48. The summed E-state index contributed by atoms with van der Waals surface area (Å²) in [5.74, 6) is -0.853. The van der Waals surface area contributed by atoms with Crippen LogP contribution in [-0.2, 0) is 9.05 Å². The van der Waals surface area contributed by atoms with Crippen LogP contribution < -0.4 is 0 Å². The normalized spacial score (nSPS) is 11.6. The molecule has 12 heavy (non-hydrogen) atoms. The van der Waals surface area contributed by atoms with E-state index in [1.807, 2.05) is 0 Å². The fourth-order valence-electron chi connectivity index (χ4n) is 0.739. The summed E-state index contributed by atoms with van der Waals surface area (Å²) >= 11 is 0. The van der Waals surface area contributed by atoms with Gasteiger partial charge < -0.3 is 0 Å². The zero-order chi connectivity index (χ0) is 9.35. The molecule has 0 aliphatic carbocycles. The Morgan fingerprint density at radius 3 is 2.50 bits per heavy atom. The monoisotopic (exact) mass is 209 g/mol. The van der Waals surface area contributed by atoms with Gasteiger partial charge in [0.05, 0.1) is 4.90 Å². The highest BCUT2D eigenvalue weighted by Crippen LogP contribution is 2.15. The van der Waals surface area contributed by atoms with Crippen LogP contribution in [0.3, 0.4) is 0 Å². The van der Waals surface area contributed by atoms with Gasteiger partial charge in [0.25, 0.3) is 9.05 Å². The molecule has 0 atom stereocenters. The molecular formula is C6H5ClFNO2S. The molecule has 0 N–H and O–H groups in total. The summed E-state index contributed by atoms with van der Waals surface area (Å²) < 4.78 is 33.9. The molecule has 1 heterocycles. The minimum Gasteiger partial charge on any atom is -0.225 e. The molecule has 0 spiro atoms. The van der Waals surface area contributed by atoms with Crippen molar-refractivity contribution < 1.29 is 12.8 Å². The fraction of sp³-hybridized carbons (Fsp3) is 0.167. The van der Waals surface area contributed by atoms with Crippen LogP contribution in [0.5, 0.6) is 0 Å². The summed E-state index contributed by atoms with van der Waals surface area (Å²) in [4.78, 5) is 3.09. The van der Waals surface area contributed by atoms with Crippen LogP contribution in [0.2, 0.25) is 0 Å². The van der Waals surface area contributed by atoms with Crippen molar-refractivity contribution in [2.75, 3.05) is 0 Å². The van der Waals surface area contributed by atoms with E-state index < -0.39 is 15.0 Å². The maximum Gasteiger partial charge on any atom is 0.261 e. The number of rotatable bonds is 1. The molecule has 0 aliphatic heterocycles. The van der Waals surface area contributed by atoms with Crippen LogP contribution in [0.4, 0.5) is 4.39 Å². The Morgan fingerprint density at radius 1 is 1.50 bits per heavy atom. The summed E-state index contributed by atoms with van der Waals surface area (Å²) in [6, 6.07) is 1.97. The zero-order valence-electron chi connectivity index (χ0n) is 6.08. The average Bonchev–Trinajstić information content (AvgIpc) is 1.82. The summed E-state index contributed by atoms with van der Waals surface area (Å²) in [5.41, 5.74) is 0.272. The van der Waals surface area contributed by atoms with Crippen LogP contribution in [0, 0.1) is 12.9 Å². The quantitative estimate of drug-likeness (QED) is 0.520. The van der Waals surface area contributed by atoms with E-state index >= 15 is 0 Å². The van der Waals surface area contributed by atoms with Gasteiger partial charge in [0.2, 0.25) is 5.95 Å². The first-order valence-electron chi connectivity index (χ1n) is 2.98. The SMILES string of the molecule is Cc1cc(S(=O)(=O)Cl)cc(F)n1. The van der Waals surface area contributed by atoms with Gasteiger partial charge in [0.1, 0.15) is 0 Å². The molecule has 6 heteroatoms. The molecule has 66 valence electrons. The van der Waals surface area contributed by atoms with Crippen molar-refractivity contribution in [3.63, 3.8) is 0 Å². The maximum atomic E-state index is 12.5. The molecule has 0 aliphatic rings. The predicted molar refractivity (Wildman–Crippen MR) is 42.0 cm³/mol. The lowest BCUT2D eigenvalue weighted by molar-refractivity contribution is 0.570. The zero-order valence-corrected chi connectivity index (χ0v) is 7.66. The lowest BCUT2D eigenvalue weighted by atomic mass is 10.4. The predicted octanol–water partition coefficient (Wildman–Crippen LogP) is 1.46. The van der Waals surface area contributed by atoms with Gasteiger partial charge in [-0.25, -0.2) is 13.4 Å². The van der Waals surface area contributed by atoms with Crippen molar-refractivity contribution in [3.05, 3.63) is 23.8 Å². The molecule has 0 fully saturated rings. The molecule has 3 nitrogen and oxygen atoms in total. The summed E-state index contributed by atoms with van der Waals surface area (Å²) in [7, 11) is 1.12. The van der Waals surface area contributed by atoms with Gasteiger partial charge in [0.15, 0.2) is 0 Å². The van der Waals surface area contributed by atoms with Crippen molar-refractivity contribution >= 4 is 19.7 Å². The number of halogens is 2. The van der Waals surface area contributed by atoms with Crippen molar-refractivity contribution in [2.24, 2.45) is 0 Å². The minimum absolute atomic E-state index is 0.269. The topological polar surface area (TPSA) is 47.0 Å². The second-order valence-corrected chi connectivity index (χ2v) is 4.77. The molecular weight excluding hydrogens is 205 g/mol. The molecule has 0 saturated carbocycles. The third kappa shape index (κ3) is 2.15. The number of nitrogens with zero attached hydrogens (tertiary/aromatic N) is 1. The Kier molecular flexibility index (Phi) is 2.34. The molecule has 0 aromatic carbocycles. The molecule has 0 radical (unpaired) electrons. The smallest absolute Gasteiger partial charge is 0.225 e. The van der Waals surface area contributed by atoms with E-state index in [0.29, 0.717) is 0 Å². The van der Waals surface area contributed by atoms with Gasteiger partial charge >= 0.3 is 0 Å². The van der Waals surface area contributed by atoms with E-state index in [2.05, 4.69) is 4.98 Å². The second kappa shape index (κ2) is 2.99. The third-order valence-corrected chi connectivity index (χ3v) is 2.51. The largest absolute Gasteiger partial charge is 0.261 e. The number of pyridine rings is 1.